The van der Waals surface area contributed by atoms with Crippen LogP contribution in [0.25, 0.3) is 16.6 Å². The number of rotatable bonds is 3. The van der Waals surface area contributed by atoms with E-state index in [1.165, 1.54) is 12.0 Å². The standard InChI is InChI=1S/C24H27ClN6O5/c1-24(2,3)36-23(33)29-8-9-35-19-11-17(18(34-5)10-16(19)29)31-15-12-20(25)26-13-14(15)21(27-31)30-7-6-28(4)22(30)32/h10-13H,6-9H2,1-5H3. The van der Waals surface area contributed by atoms with E-state index in [2.05, 4.69) is 4.98 Å². The molecule has 0 radical (unpaired) electrons. The van der Waals surface area contributed by atoms with Crippen LogP contribution in [0.2, 0.25) is 5.15 Å². The first kappa shape index (κ1) is 24.0. The van der Waals surface area contributed by atoms with Crippen LogP contribution in [0.3, 0.4) is 0 Å². The van der Waals surface area contributed by atoms with Crippen molar-refractivity contribution in [1.82, 2.24) is 19.7 Å². The molecule has 5 rings (SSSR count). The summed E-state index contributed by atoms with van der Waals surface area (Å²) in [5, 5.41) is 5.73. The van der Waals surface area contributed by atoms with Gasteiger partial charge in [0.15, 0.2) is 5.82 Å². The molecule has 11 nitrogen and oxygen atoms in total. The number of benzene rings is 1. The number of amides is 3. The quantitative estimate of drug-likeness (QED) is 0.485. The van der Waals surface area contributed by atoms with E-state index in [1.807, 2.05) is 20.8 Å². The summed E-state index contributed by atoms with van der Waals surface area (Å²) in [5.41, 5.74) is 1.09. The molecular weight excluding hydrogens is 488 g/mol. The first-order valence-corrected chi connectivity index (χ1v) is 11.9. The first-order chi connectivity index (χ1) is 17.1. The largest absolute Gasteiger partial charge is 0.494 e. The number of hydrogen-bond donors (Lipinski definition) is 0. The Morgan fingerprint density at radius 1 is 1.14 bits per heavy atom. The molecule has 0 aliphatic carbocycles. The summed E-state index contributed by atoms with van der Waals surface area (Å²) in [4.78, 5) is 34.6. The normalized spacial score (nSPS) is 15.8. The maximum absolute atomic E-state index is 12.9. The van der Waals surface area contributed by atoms with Crippen LogP contribution >= 0.6 is 11.6 Å². The van der Waals surface area contributed by atoms with Crippen molar-refractivity contribution in [3.05, 3.63) is 29.5 Å². The van der Waals surface area contributed by atoms with Gasteiger partial charge in [0.25, 0.3) is 0 Å². The summed E-state index contributed by atoms with van der Waals surface area (Å²) in [5.74, 6) is 1.39. The Balaban J connectivity index is 1.64. The summed E-state index contributed by atoms with van der Waals surface area (Å²) in [6.07, 6.45) is 1.14. The molecule has 2 aliphatic rings. The summed E-state index contributed by atoms with van der Waals surface area (Å²) >= 11 is 6.24. The highest BCUT2D eigenvalue weighted by atomic mass is 35.5. The Kier molecular flexibility index (Phi) is 5.82. The van der Waals surface area contributed by atoms with Crippen molar-refractivity contribution in [1.29, 1.82) is 0 Å². The van der Waals surface area contributed by atoms with Crippen LogP contribution in [0.15, 0.2) is 24.4 Å². The average Bonchev–Trinajstić information content (AvgIpc) is 3.35. The van der Waals surface area contributed by atoms with Crippen molar-refractivity contribution in [3.8, 4) is 17.2 Å². The van der Waals surface area contributed by atoms with Crippen LogP contribution in [0.4, 0.5) is 21.1 Å². The highest BCUT2D eigenvalue weighted by Crippen LogP contribution is 2.42. The van der Waals surface area contributed by atoms with E-state index < -0.39 is 11.7 Å². The topological polar surface area (TPSA) is 102 Å². The molecule has 0 unspecified atom stereocenters. The van der Waals surface area contributed by atoms with Crippen LogP contribution in [0.1, 0.15) is 20.8 Å². The van der Waals surface area contributed by atoms with Crippen molar-refractivity contribution < 1.29 is 23.8 Å². The molecule has 0 bridgehead atoms. The minimum atomic E-state index is -0.641. The van der Waals surface area contributed by atoms with Crippen molar-refractivity contribution in [2.45, 2.75) is 26.4 Å². The fourth-order valence-electron chi connectivity index (χ4n) is 4.27. The minimum Gasteiger partial charge on any atom is -0.494 e. The summed E-state index contributed by atoms with van der Waals surface area (Å²) in [6.45, 7) is 7.18. The monoisotopic (exact) mass is 514 g/mol. The zero-order valence-electron chi connectivity index (χ0n) is 20.7. The second-order valence-electron chi connectivity index (χ2n) is 9.59. The molecule has 12 heteroatoms. The maximum Gasteiger partial charge on any atom is 0.415 e. The van der Waals surface area contributed by atoms with Gasteiger partial charge in [0, 0.05) is 44.5 Å². The summed E-state index contributed by atoms with van der Waals surface area (Å²) in [6, 6.07) is 5.01. The number of carbonyl (C=O) groups is 2. The third kappa shape index (κ3) is 4.13. The van der Waals surface area contributed by atoms with Crippen LogP contribution < -0.4 is 19.3 Å². The van der Waals surface area contributed by atoms with Gasteiger partial charge in [-0.25, -0.2) is 19.3 Å². The molecule has 0 N–H and O–H groups in total. The second-order valence-corrected chi connectivity index (χ2v) is 9.97. The van der Waals surface area contributed by atoms with Gasteiger partial charge in [-0.3, -0.25) is 9.80 Å². The number of methoxy groups -OCH3 is 1. The van der Waals surface area contributed by atoms with E-state index in [4.69, 9.17) is 30.9 Å². The number of ether oxygens (including phenoxy) is 3. The highest BCUT2D eigenvalue weighted by Gasteiger charge is 2.33. The summed E-state index contributed by atoms with van der Waals surface area (Å²) < 4.78 is 18.9. The lowest BCUT2D eigenvalue weighted by atomic mass is 10.2. The Hall–Kier alpha value is -3.73. The Labute approximate surface area is 213 Å². The molecule has 3 amide bonds. The Bertz CT molecular complexity index is 1370. The molecule has 190 valence electrons. The predicted octanol–water partition coefficient (Wildman–Crippen LogP) is 4.09. The number of hydrogen-bond acceptors (Lipinski definition) is 7. The van der Waals surface area contributed by atoms with Gasteiger partial charge in [-0.15, -0.1) is 5.10 Å². The van der Waals surface area contributed by atoms with Gasteiger partial charge in [-0.05, 0) is 20.8 Å². The predicted molar refractivity (Wildman–Crippen MR) is 135 cm³/mol. The maximum atomic E-state index is 12.9. The van der Waals surface area contributed by atoms with E-state index in [0.29, 0.717) is 65.8 Å². The van der Waals surface area contributed by atoms with E-state index in [-0.39, 0.29) is 11.2 Å². The van der Waals surface area contributed by atoms with Gasteiger partial charge >= 0.3 is 12.1 Å². The van der Waals surface area contributed by atoms with Gasteiger partial charge in [0.2, 0.25) is 0 Å². The van der Waals surface area contributed by atoms with E-state index in [9.17, 15) is 9.59 Å². The van der Waals surface area contributed by atoms with E-state index >= 15 is 0 Å². The van der Waals surface area contributed by atoms with E-state index in [1.54, 1.807) is 45.9 Å². The van der Waals surface area contributed by atoms with Crippen molar-refractivity contribution >= 4 is 46.1 Å². The zero-order chi connectivity index (χ0) is 25.8. The third-order valence-corrected chi connectivity index (χ3v) is 6.16. The molecule has 0 atom stereocenters. The number of anilines is 2. The van der Waals surface area contributed by atoms with Gasteiger partial charge < -0.3 is 19.1 Å². The van der Waals surface area contributed by atoms with Crippen LogP contribution in [0.5, 0.6) is 11.5 Å². The number of urea groups is 1. The average molecular weight is 515 g/mol. The Morgan fingerprint density at radius 2 is 1.92 bits per heavy atom. The van der Waals surface area contributed by atoms with Crippen LogP contribution in [-0.4, -0.2) is 77.8 Å². The van der Waals surface area contributed by atoms with Gasteiger partial charge in [0.05, 0.1) is 30.2 Å². The molecule has 1 saturated heterocycles. The number of carbonyl (C=O) groups excluding carboxylic acids is 2. The first-order valence-electron chi connectivity index (χ1n) is 11.5. The number of aromatic nitrogens is 3. The molecule has 1 aromatic carbocycles. The van der Waals surface area contributed by atoms with Crippen LogP contribution in [0, 0.1) is 0 Å². The van der Waals surface area contributed by atoms with Crippen LogP contribution in [-0.2, 0) is 4.74 Å². The summed E-state index contributed by atoms with van der Waals surface area (Å²) in [7, 11) is 3.28. The third-order valence-electron chi connectivity index (χ3n) is 5.95. The lowest BCUT2D eigenvalue weighted by molar-refractivity contribution is 0.0567. The number of nitrogens with zero attached hydrogens (tertiary/aromatic N) is 6. The molecule has 0 saturated carbocycles. The van der Waals surface area contributed by atoms with Crippen molar-refractivity contribution in [3.63, 3.8) is 0 Å². The Morgan fingerprint density at radius 3 is 2.58 bits per heavy atom. The molecule has 3 aromatic rings. The van der Waals surface area contributed by atoms with Crippen molar-refractivity contribution in [2.24, 2.45) is 0 Å². The molecular formula is C24H27ClN6O5. The van der Waals surface area contributed by atoms with Gasteiger partial charge in [-0.2, -0.15) is 0 Å². The SMILES string of the molecule is COc1cc2c(cc1-n1nc(N3CCN(C)C3=O)c3cnc(Cl)cc31)OCCN2C(=O)OC(C)(C)C. The zero-order valence-corrected chi connectivity index (χ0v) is 21.5. The van der Waals surface area contributed by atoms with Gasteiger partial charge in [0.1, 0.15) is 34.5 Å². The molecule has 0 spiro atoms. The number of fused-ring (bicyclic) bond motifs is 2. The second kappa shape index (κ2) is 8.74. The number of halogens is 1. The highest BCUT2D eigenvalue weighted by molar-refractivity contribution is 6.30. The fourth-order valence-corrected chi connectivity index (χ4v) is 4.42. The molecule has 2 aliphatic heterocycles. The van der Waals surface area contributed by atoms with Crippen molar-refractivity contribution in [2.75, 3.05) is 50.2 Å². The molecule has 4 heterocycles. The fraction of sp³-hybridized carbons (Fsp3) is 0.417. The number of pyridine rings is 1. The van der Waals surface area contributed by atoms with E-state index in [0.717, 1.165) is 0 Å². The molecule has 1 fully saturated rings. The molecule has 2 aromatic heterocycles. The van der Waals surface area contributed by atoms with Gasteiger partial charge in [-0.1, -0.05) is 11.6 Å². The lowest BCUT2D eigenvalue weighted by Crippen LogP contribution is -2.41. The number of likely N-dealkylation sites (N-methyl/N-ethyl adjacent to an activating group) is 1. The minimum absolute atomic E-state index is 0.148. The smallest absolute Gasteiger partial charge is 0.415 e. The lowest BCUT2D eigenvalue weighted by Gasteiger charge is -2.32. The molecule has 36 heavy (non-hydrogen) atoms.